The van der Waals surface area contributed by atoms with E-state index in [0.717, 1.165) is 18.8 Å². The Kier molecular flexibility index (Phi) is 8.26. The molecular weight excluding hydrogens is 400 g/mol. The van der Waals surface area contributed by atoms with E-state index >= 15 is 0 Å². The first kappa shape index (κ1) is 23.8. The third kappa shape index (κ3) is 7.08. The Labute approximate surface area is 191 Å². The van der Waals surface area contributed by atoms with Gasteiger partial charge in [-0.2, -0.15) is 0 Å². The van der Waals surface area contributed by atoms with Crippen LogP contribution in [-0.4, -0.2) is 31.1 Å². The highest BCUT2D eigenvalue weighted by atomic mass is 16.5. The third-order valence-electron chi connectivity index (χ3n) is 5.33. The van der Waals surface area contributed by atoms with E-state index in [1.807, 2.05) is 12.1 Å². The monoisotopic (exact) mass is 434 g/mol. The molecule has 1 aromatic heterocycles. The van der Waals surface area contributed by atoms with E-state index in [4.69, 9.17) is 9.15 Å². The van der Waals surface area contributed by atoms with Gasteiger partial charge >= 0.3 is 0 Å². The van der Waals surface area contributed by atoms with Gasteiger partial charge in [-0.3, -0.25) is 9.69 Å². The summed E-state index contributed by atoms with van der Waals surface area (Å²) in [5, 5.41) is 2.79. The number of hydrogen-bond acceptors (Lipinski definition) is 4. The van der Waals surface area contributed by atoms with Crippen molar-refractivity contribution in [2.45, 2.75) is 45.8 Å². The van der Waals surface area contributed by atoms with Gasteiger partial charge in [0.05, 0.1) is 13.2 Å². The zero-order valence-corrected chi connectivity index (χ0v) is 19.6. The van der Waals surface area contributed by atoms with Gasteiger partial charge in [-0.05, 0) is 34.2 Å². The predicted octanol–water partition coefficient (Wildman–Crippen LogP) is 5.16. The molecule has 0 unspecified atom stereocenters. The Balaban J connectivity index is 1.71. The maximum Gasteiger partial charge on any atom is 0.287 e. The van der Waals surface area contributed by atoms with Crippen molar-refractivity contribution in [1.82, 2.24) is 10.2 Å². The second kappa shape index (κ2) is 11.1. The summed E-state index contributed by atoms with van der Waals surface area (Å²) in [4.78, 5) is 14.6. The molecule has 0 bridgehead atoms. The van der Waals surface area contributed by atoms with Crippen LogP contribution in [-0.2, 0) is 29.8 Å². The van der Waals surface area contributed by atoms with Crippen molar-refractivity contribution in [3.63, 3.8) is 0 Å². The molecule has 3 aromatic rings. The minimum Gasteiger partial charge on any atom is -0.455 e. The van der Waals surface area contributed by atoms with Crippen LogP contribution in [0.3, 0.4) is 0 Å². The fraction of sp³-hybridized carbons (Fsp3) is 0.370. The summed E-state index contributed by atoms with van der Waals surface area (Å²) in [5.41, 5.74) is 3.95. The van der Waals surface area contributed by atoms with Crippen molar-refractivity contribution in [3.05, 3.63) is 94.9 Å². The number of methoxy groups -OCH3 is 1. The van der Waals surface area contributed by atoms with Gasteiger partial charge in [-0.15, -0.1) is 0 Å². The van der Waals surface area contributed by atoms with Crippen molar-refractivity contribution in [2.75, 3.05) is 20.3 Å². The number of rotatable bonds is 10. The molecule has 0 aliphatic heterocycles. The molecule has 0 saturated carbocycles. The zero-order valence-electron chi connectivity index (χ0n) is 19.6. The van der Waals surface area contributed by atoms with E-state index in [0.29, 0.717) is 25.5 Å². The maximum absolute atomic E-state index is 12.2. The van der Waals surface area contributed by atoms with Crippen molar-refractivity contribution in [3.8, 4) is 0 Å². The first-order valence-corrected chi connectivity index (χ1v) is 11.1. The van der Waals surface area contributed by atoms with Gasteiger partial charge in [0.25, 0.3) is 5.91 Å². The molecule has 0 aliphatic carbocycles. The van der Waals surface area contributed by atoms with Gasteiger partial charge in [0.2, 0.25) is 0 Å². The molecule has 170 valence electrons. The SMILES string of the molecule is COCCNC(=O)c1ccc(CN(Cc2ccccc2)Cc2ccc(C(C)(C)C)cc2)o1. The Morgan fingerprint density at radius 1 is 0.906 bits per heavy atom. The molecule has 1 heterocycles. The largest absolute Gasteiger partial charge is 0.455 e. The van der Waals surface area contributed by atoms with Gasteiger partial charge in [0.1, 0.15) is 5.76 Å². The van der Waals surface area contributed by atoms with Gasteiger partial charge < -0.3 is 14.5 Å². The van der Waals surface area contributed by atoms with Crippen LogP contribution in [0.1, 0.15) is 53.8 Å². The summed E-state index contributed by atoms with van der Waals surface area (Å²) < 4.78 is 10.8. The molecular formula is C27H34N2O3. The van der Waals surface area contributed by atoms with Gasteiger partial charge in [0, 0.05) is 26.7 Å². The highest BCUT2D eigenvalue weighted by Crippen LogP contribution is 2.23. The Hall–Kier alpha value is -2.89. The first-order valence-electron chi connectivity index (χ1n) is 11.1. The average molecular weight is 435 g/mol. The first-order chi connectivity index (χ1) is 15.3. The molecule has 3 rings (SSSR count). The van der Waals surface area contributed by atoms with E-state index in [2.05, 4.69) is 79.5 Å². The lowest BCUT2D eigenvalue weighted by Crippen LogP contribution is -2.26. The molecule has 2 aromatic carbocycles. The third-order valence-corrected chi connectivity index (χ3v) is 5.33. The quantitative estimate of drug-likeness (QED) is 0.448. The molecule has 0 fully saturated rings. The number of amides is 1. The number of nitrogens with zero attached hydrogens (tertiary/aromatic N) is 1. The number of furan rings is 1. The summed E-state index contributed by atoms with van der Waals surface area (Å²) in [5.74, 6) is 0.870. The standard InChI is InChI=1S/C27H34N2O3/c1-27(2,3)23-12-10-22(11-13-23)19-29(18-21-8-6-5-7-9-21)20-24-14-15-25(32-24)26(30)28-16-17-31-4/h5-15H,16-20H2,1-4H3,(H,28,30). The molecule has 32 heavy (non-hydrogen) atoms. The Morgan fingerprint density at radius 3 is 2.19 bits per heavy atom. The number of carbonyl (C=O) groups excluding carboxylic acids is 1. The van der Waals surface area contributed by atoms with Crippen LogP contribution in [0, 0.1) is 0 Å². The molecule has 5 nitrogen and oxygen atoms in total. The van der Waals surface area contributed by atoms with E-state index in [1.54, 1.807) is 13.2 Å². The molecule has 0 radical (unpaired) electrons. The Morgan fingerprint density at radius 2 is 1.56 bits per heavy atom. The van der Waals surface area contributed by atoms with Gasteiger partial charge in [-0.1, -0.05) is 75.4 Å². The number of hydrogen-bond donors (Lipinski definition) is 1. The van der Waals surface area contributed by atoms with Crippen LogP contribution in [0.2, 0.25) is 0 Å². The lowest BCUT2D eigenvalue weighted by atomic mass is 9.87. The number of ether oxygens (including phenoxy) is 1. The van der Waals surface area contributed by atoms with Crippen molar-refractivity contribution in [2.24, 2.45) is 0 Å². The zero-order chi connectivity index (χ0) is 23.0. The number of carbonyl (C=O) groups is 1. The van der Waals surface area contributed by atoms with E-state index in [1.165, 1.54) is 16.7 Å². The lowest BCUT2D eigenvalue weighted by molar-refractivity contribution is 0.0905. The number of nitrogens with one attached hydrogen (secondary N) is 1. The molecule has 0 saturated heterocycles. The van der Waals surface area contributed by atoms with Crippen molar-refractivity contribution in [1.29, 1.82) is 0 Å². The fourth-order valence-corrected chi connectivity index (χ4v) is 3.54. The average Bonchev–Trinajstić information content (AvgIpc) is 3.23. The molecule has 5 heteroatoms. The van der Waals surface area contributed by atoms with Crippen LogP contribution in [0.5, 0.6) is 0 Å². The Bertz CT molecular complexity index is 972. The number of benzene rings is 2. The smallest absolute Gasteiger partial charge is 0.287 e. The van der Waals surface area contributed by atoms with Crippen molar-refractivity contribution >= 4 is 5.91 Å². The van der Waals surface area contributed by atoms with E-state index < -0.39 is 0 Å². The maximum atomic E-state index is 12.2. The summed E-state index contributed by atoms with van der Waals surface area (Å²) in [6.45, 7) is 9.79. The molecule has 0 spiro atoms. The second-order valence-electron chi connectivity index (χ2n) is 9.09. The molecule has 0 aliphatic rings. The van der Waals surface area contributed by atoms with Crippen LogP contribution in [0.4, 0.5) is 0 Å². The highest BCUT2D eigenvalue weighted by Gasteiger charge is 2.16. The molecule has 1 amide bonds. The fourth-order valence-electron chi connectivity index (χ4n) is 3.54. The van der Waals surface area contributed by atoms with E-state index in [-0.39, 0.29) is 11.3 Å². The minimum absolute atomic E-state index is 0.136. The van der Waals surface area contributed by atoms with Crippen LogP contribution >= 0.6 is 0 Å². The lowest BCUT2D eigenvalue weighted by Gasteiger charge is -2.23. The minimum atomic E-state index is -0.222. The van der Waals surface area contributed by atoms with Crippen LogP contribution < -0.4 is 5.32 Å². The summed E-state index contributed by atoms with van der Waals surface area (Å²) in [6.07, 6.45) is 0. The van der Waals surface area contributed by atoms with Crippen LogP contribution in [0.25, 0.3) is 0 Å². The molecule has 1 N–H and O–H groups in total. The second-order valence-corrected chi connectivity index (χ2v) is 9.09. The summed E-state index contributed by atoms with van der Waals surface area (Å²) in [7, 11) is 1.61. The highest BCUT2D eigenvalue weighted by molar-refractivity contribution is 5.91. The summed E-state index contributed by atoms with van der Waals surface area (Å²) >= 11 is 0. The predicted molar refractivity (Wildman–Crippen MR) is 127 cm³/mol. The normalized spacial score (nSPS) is 11.7. The topological polar surface area (TPSA) is 54.7 Å². The van der Waals surface area contributed by atoms with Crippen LogP contribution in [0.15, 0.2) is 71.1 Å². The van der Waals surface area contributed by atoms with E-state index in [9.17, 15) is 4.79 Å². The van der Waals surface area contributed by atoms with Gasteiger partial charge in [-0.25, -0.2) is 0 Å². The van der Waals surface area contributed by atoms with Gasteiger partial charge in [0.15, 0.2) is 5.76 Å². The summed E-state index contributed by atoms with van der Waals surface area (Å²) in [6, 6.07) is 22.9. The molecule has 0 atom stereocenters. The van der Waals surface area contributed by atoms with Crippen molar-refractivity contribution < 1.29 is 13.9 Å².